The zero-order valence-corrected chi connectivity index (χ0v) is 12.1. The minimum Gasteiger partial charge on any atom is -0.351 e. The molecular formula is C14H21N7. The molecular weight excluding hydrogens is 266 g/mol. The van der Waals surface area contributed by atoms with Crippen molar-refractivity contribution in [2.45, 2.75) is 25.3 Å². The van der Waals surface area contributed by atoms with Crippen molar-refractivity contribution >= 4 is 17.3 Å². The highest BCUT2D eigenvalue weighted by atomic mass is 15.3. The number of piperazine rings is 1. The minimum atomic E-state index is 0.652. The fraction of sp³-hybridized carbons (Fsp3) is 0.571. The summed E-state index contributed by atoms with van der Waals surface area (Å²) in [4.78, 5) is 14.1. The molecule has 1 atom stereocenters. The van der Waals surface area contributed by atoms with Gasteiger partial charge in [0.05, 0.1) is 6.20 Å². The number of imidazole rings is 1. The summed E-state index contributed by atoms with van der Waals surface area (Å²) in [5.74, 6) is 7.14. The van der Waals surface area contributed by atoms with Gasteiger partial charge in [0.15, 0.2) is 17.3 Å². The molecule has 7 nitrogen and oxygen atoms in total. The second kappa shape index (κ2) is 5.16. The number of piperidine rings is 1. The first kappa shape index (κ1) is 12.8. The van der Waals surface area contributed by atoms with Gasteiger partial charge >= 0.3 is 0 Å². The zero-order valence-electron chi connectivity index (χ0n) is 12.1. The van der Waals surface area contributed by atoms with E-state index in [0.29, 0.717) is 11.9 Å². The Morgan fingerprint density at radius 2 is 2.19 bits per heavy atom. The molecule has 2 saturated heterocycles. The number of fused-ring (bicyclic) bond motifs is 2. The van der Waals surface area contributed by atoms with Gasteiger partial charge in [-0.25, -0.2) is 15.8 Å². The van der Waals surface area contributed by atoms with Gasteiger partial charge in [-0.1, -0.05) is 6.42 Å². The monoisotopic (exact) mass is 287 g/mol. The molecule has 2 aromatic rings. The van der Waals surface area contributed by atoms with Crippen molar-refractivity contribution in [2.24, 2.45) is 5.84 Å². The van der Waals surface area contributed by atoms with Gasteiger partial charge in [-0.15, -0.1) is 0 Å². The first-order chi connectivity index (χ1) is 10.3. The Morgan fingerprint density at radius 3 is 3.10 bits per heavy atom. The minimum absolute atomic E-state index is 0.652. The molecule has 2 fully saturated rings. The van der Waals surface area contributed by atoms with Crippen LogP contribution in [0.2, 0.25) is 0 Å². The topological polar surface area (TPSA) is 74.7 Å². The van der Waals surface area contributed by atoms with Gasteiger partial charge in [-0.2, -0.15) is 0 Å². The Morgan fingerprint density at radius 1 is 1.24 bits per heavy atom. The molecule has 0 aromatic carbocycles. The van der Waals surface area contributed by atoms with Crippen LogP contribution in [0.3, 0.4) is 0 Å². The van der Waals surface area contributed by atoms with Gasteiger partial charge in [0.2, 0.25) is 0 Å². The van der Waals surface area contributed by atoms with Crippen LogP contribution in [0.25, 0.3) is 5.65 Å². The van der Waals surface area contributed by atoms with E-state index in [9.17, 15) is 0 Å². The Labute approximate surface area is 123 Å². The van der Waals surface area contributed by atoms with Gasteiger partial charge in [-0.3, -0.25) is 4.90 Å². The maximum absolute atomic E-state index is 5.54. The van der Waals surface area contributed by atoms with Crippen molar-refractivity contribution in [2.75, 3.05) is 36.5 Å². The van der Waals surface area contributed by atoms with Crippen LogP contribution in [-0.2, 0) is 0 Å². The molecule has 0 bridgehead atoms. The lowest BCUT2D eigenvalue weighted by molar-refractivity contribution is 0.133. The van der Waals surface area contributed by atoms with Crippen molar-refractivity contribution in [3.8, 4) is 0 Å². The number of nitrogens with two attached hydrogens (primary N) is 1. The predicted molar refractivity (Wildman–Crippen MR) is 82.2 cm³/mol. The molecule has 2 aliphatic heterocycles. The Kier molecular flexibility index (Phi) is 3.16. The Hall–Kier alpha value is -1.86. The van der Waals surface area contributed by atoms with E-state index in [4.69, 9.17) is 5.84 Å². The molecule has 0 aliphatic carbocycles. The summed E-state index contributed by atoms with van der Waals surface area (Å²) in [6.45, 7) is 4.39. The number of rotatable bonds is 2. The highest BCUT2D eigenvalue weighted by Gasteiger charge is 2.30. The van der Waals surface area contributed by atoms with Crippen LogP contribution in [0.15, 0.2) is 18.6 Å². The number of hydrogen-bond donors (Lipinski definition) is 2. The van der Waals surface area contributed by atoms with Crippen molar-refractivity contribution in [3.05, 3.63) is 18.6 Å². The summed E-state index contributed by atoms with van der Waals surface area (Å²) < 4.78 is 1.98. The molecule has 0 radical (unpaired) electrons. The molecule has 0 spiro atoms. The molecule has 0 saturated carbocycles. The van der Waals surface area contributed by atoms with E-state index in [1.165, 1.54) is 25.8 Å². The summed E-state index contributed by atoms with van der Waals surface area (Å²) in [5, 5.41) is 0. The number of anilines is 2. The van der Waals surface area contributed by atoms with Crippen LogP contribution in [0.5, 0.6) is 0 Å². The maximum Gasteiger partial charge on any atom is 0.180 e. The fourth-order valence-corrected chi connectivity index (χ4v) is 3.55. The molecule has 1 unspecified atom stereocenters. The highest BCUT2D eigenvalue weighted by molar-refractivity contribution is 5.67. The van der Waals surface area contributed by atoms with E-state index in [2.05, 4.69) is 25.2 Å². The molecule has 7 heteroatoms. The lowest BCUT2D eigenvalue weighted by Gasteiger charge is -2.44. The number of hydrogen-bond acceptors (Lipinski definition) is 6. The molecule has 4 rings (SSSR count). The molecule has 0 amide bonds. The third-order valence-corrected chi connectivity index (χ3v) is 4.64. The Balaban J connectivity index is 1.67. The van der Waals surface area contributed by atoms with Crippen molar-refractivity contribution in [3.63, 3.8) is 0 Å². The molecule has 2 aliphatic rings. The first-order valence-electron chi connectivity index (χ1n) is 7.64. The molecule has 2 aromatic heterocycles. The summed E-state index contributed by atoms with van der Waals surface area (Å²) in [7, 11) is 0. The number of aromatic nitrogens is 3. The van der Waals surface area contributed by atoms with Crippen LogP contribution in [-0.4, -0.2) is 51.5 Å². The van der Waals surface area contributed by atoms with Crippen LogP contribution in [0.4, 0.5) is 11.6 Å². The summed E-state index contributed by atoms with van der Waals surface area (Å²) >= 11 is 0. The zero-order chi connectivity index (χ0) is 14.2. The molecule has 3 N–H and O–H groups in total. The second-order valence-electron chi connectivity index (χ2n) is 5.88. The largest absolute Gasteiger partial charge is 0.351 e. The Bertz CT molecular complexity index is 637. The smallest absolute Gasteiger partial charge is 0.180 e. The fourth-order valence-electron chi connectivity index (χ4n) is 3.55. The average Bonchev–Trinajstić information content (AvgIpc) is 3.01. The summed E-state index contributed by atoms with van der Waals surface area (Å²) in [6, 6.07) is 0.652. The van der Waals surface area contributed by atoms with E-state index in [0.717, 1.165) is 31.1 Å². The van der Waals surface area contributed by atoms with E-state index >= 15 is 0 Å². The molecule has 21 heavy (non-hydrogen) atoms. The van der Waals surface area contributed by atoms with E-state index in [1.54, 1.807) is 6.20 Å². The molecule has 112 valence electrons. The molecule has 4 heterocycles. The standard InChI is InChI=1S/C14H21N7/c15-18-12-10-20-6-4-16-13(20)14(17-12)21-8-7-19-5-2-1-3-11(19)9-21/h4,6,10-11,18H,1-3,5,7-9,15H2. The summed E-state index contributed by atoms with van der Waals surface area (Å²) in [5.41, 5.74) is 3.55. The summed E-state index contributed by atoms with van der Waals surface area (Å²) in [6.07, 6.45) is 9.56. The van der Waals surface area contributed by atoms with Crippen LogP contribution >= 0.6 is 0 Å². The second-order valence-corrected chi connectivity index (χ2v) is 5.88. The van der Waals surface area contributed by atoms with Gasteiger partial charge < -0.3 is 14.7 Å². The quantitative estimate of drug-likeness (QED) is 0.625. The number of nitrogens with zero attached hydrogens (tertiary/aromatic N) is 5. The van der Waals surface area contributed by atoms with Gasteiger partial charge in [0.25, 0.3) is 0 Å². The third kappa shape index (κ3) is 2.22. The average molecular weight is 287 g/mol. The van der Waals surface area contributed by atoms with E-state index < -0.39 is 0 Å². The van der Waals surface area contributed by atoms with Crippen LogP contribution in [0.1, 0.15) is 19.3 Å². The normalized spacial score (nSPS) is 23.3. The van der Waals surface area contributed by atoms with Gasteiger partial charge in [-0.05, 0) is 19.4 Å². The van der Waals surface area contributed by atoms with Crippen LogP contribution in [0, 0.1) is 0 Å². The van der Waals surface area contributed by atoms with E-state index in [-0.39, 0.29) is 0 Å². The van der Waals surface area contributed by atoms with Crippen molar-refractivity contribution in [1.29, 1.82) is 0 Å². The first-order valence-corrected chi connectivity index (χ1v) is 7.64. The van der Waals surface area contributed by atoms with E-state index in [1.807, 2.05) is 16.8 Å². The third-order valence-electron chi connectivity index (χ3n) is 4.64. The predicted octanol–water partition coefficient (Wildman–Crippen LogP) is 0.689. The highest BCUT2D eigenvalue weighted by Crippen LogP contribution is 2.26. The van der Waals surface area contributed by atoms with Crippen molar-refractivity contribution in [1.82, 2.24) is 19.3 Å². The van der Waals surface area contributed by atoms with Crippen molar-refractivity contribution < 1.29 is 0 Å². The van der Waals surface area contributed by atoms with Gasteiger partial charge in [0.1, 0.15) is 0 Å². The lowest BCUT2D eigenvalue weighted by atomic mass is 9.99. The SMILES string of the molecule is NNc1cn2ccnc2c(N2CCN3CCCCC3C2)n1. The number of nitrogen functional groups attached to an aromatic ring is 1. The van der Waals surface area contributed by atoms with Crippen LogP contribution < -0.4 is 16.2 Å². The number of hydrazine groups is 1. The van der Waals surface area contributed by atoms with Gasteiger partial charge in [0, 0.05) is 38.1 Å². The number of nitrogens with one attached hydrogen (secondary N) is 1. The lowest BCUT2D eigenvalue weighted by Crippen LogP contribution is -2.55. The maximum atomic E-state index is 5.54.